The summed E-state index contributed by atoms with van der Waals surface area (Å²) >= 11 is 6.13. The van der Waals surface area contributed by atoms with E-state index in [2.05, 4.69) is 16.0 Å². The van der Waals surface area contributed by atoms with Crippen LogP contribution in [0.1, 0.15) is 19.4 Å². The van der Waals surface area contributed by atoms with Gasteiger partial charge in [-0.05, 0) is 31.2 Å². The van der Waals surface area contributed by atoms with Crippen LogP contribution in [0, 0.1) is 0 Å². The van der Waals surface area contributed by atoms with Crippen molar-refractivity contribution >= 4 is 23.5 Å². The van der Waals surface area contributed by atoms with Crippen molar-refractivity contribution in [3.05, 3.63) is 28.8 Å². The lowest BCUT2D eigenvalue weighted by molar-refractivity contribution is -0.126. The van der Waals surface area contributed by atoms with E-state index in [1.165, 1.54) is 7.05 Å². The van der Waals surface area contributed by atoms with Crippen molar-refractivity contribution in [2.24, 2.45) is 0 Å². The maximum Gasteiger partial charge on any atom is 0.321 e. The number of imide groups is 1. The molecular weight excluding hydrogens is 294 g/mol. The van der Waals surface area contributed by atoms with Crippen molar-refractivity contribution in [1.29, 1.82) is 0 Å². The van der Waals surface area contributed by atoms with Crippen LogP contribution < -0.4 is 20.7 Å². The minimum atomic E-state index is -0.834. The third-order valence-electron chi connectivity index (χ3n) is 2.71. The molecule has 1 aromatic rings. The van der Waals surface area contributed by atoms with E-state index >= 15 is 0 Å². The van der Waals surface area contributed by atoms with E-state index in [9.17, 15) is 9.59 Å². The highest BCUT2D eigenvalue weighted by Gasteiger charge is 2.18. The Labute approximate surface area is 129 Å². The van der Waals surface area contributed by atoms with Gasteiger partial charge in [-0.25, -0.2) is 4.79 Å². The molecule has 1 atom stereocenters. The molecule has 6 nitrogen and oxygen atoms in total. The van der Waals surface area contributed by atoms with E-state index < -0.39 is 18.0 Å². The molecule has 116 valence electrons. The van der Waals surface area contributed by atoms with Gasteiger partial charge in [-0.1, -0.05) is 24.6 Å². The van der Waals surface area contributed by atoms with Crippen LogP contribution in [0.25, 0.3) is 0 Å². The Hall–Kier alpha value is -1.79. The molecule has 0 spiro atoms. The normalized spacial score (nSPS) is 11.6. The third kappa shape index (κ3) is 5.61. The monoisotopic (exact) mass is 313 g/mol. The van der Waals surface area contributed by atoms with Crippen LogP contribution in [0.2, 0.25) is 5.02 Å². The van der Waals surface area contributed by atoms with Crippen LogP contribution in [0.5, 0.6) is 5.75 Å². The highest BCUT2D eigenvalue weighted by Crippen LogP contribution is 2.26. The standard InChI is InChI=1S/C14H20ClN3O3/c1-4-17-8-10-5-6-12(11(15)7-10)21-9(2)13(19)18-14(20)16-3/h5-7,9,17H,4,8H2,1-3H3,(H2,16,18,19,20). The smallest absolute Gasteiger partial charge is 0.321 e. The van der Waals surface area contributed by atoms with Gasteiger partial charge in [0.1, 0.15) is 5.75 Å². The molecule has 0 aliphatic carbocycles. The van der Waals surface area contributed by atoms with E-state index in [4.69, 9.17) is 16.3 Å². The topological polar surface area (TPSA) is 79.5 Å². The Balaban J connectivity index is 2.65. The number of halogens is 1. The van der Waals surface area contributed by atoms with Gasteiger partial charge < -0.3 is 15.4 Å². The Bertz CT molecular complexity index is 508. The van der Waals surface area contributed by atoms with Gasteiger partial charge in [-0.2, -0.15) is 0 Å². The number of carbonyl (C=O) groups excluding carboxylic acids is 2. The first-order chi connectivity index (χ1) is 9.97. The number of amides is 3. The maximum atomic E-state index is 11.7. The molecule has 0 saturated carbocycles. The van der Waals surface area contributed by atoms with Gasteiger partial charge in [-0.3, -0.25) is 10.1 Å². The van der Waals surface area contributed by atoms with Gasteiger partial charge in [0.05, 0.1) is 5.02 Å². The number of carbonyl (C=O) groups is 2. The zero-order chi connectivity index (χ0) is 15.8. The van der Waals surface area contributed by atoms with Gasteiger partial charge in [0.2, 0.25) is 0 Å². The van der Waals surface area contributed by atoms with E-state index in [-0.39, 0.29) is 0 Å². The molecule has 0 aromatic heterocycles. The lowest BCUT2D eigenvalue weighted by Crippen LogP contribution is -2.43. The van der Waals surface area contributed by atoms with Crippen molar-refractivity contribution in [3.8, 4) is 5.75 Å². The fourth-order valence-electron chi connectivity index (χ4n) is 1.54. The minimum absolute atomic E-state index is 0.400. The third-order valence-corrected chi connectivity index (χ3v) is 3.01. The number of nitrogens with one attached hydrogen (secondary N) is 3. The summed E-state index contributed by atoms with van der Waals surface area (Å²) in [7, 11) is 1.42. The number of hydrogen-bond acceptors (Lipinski definition) is 4. The van der Waals surface area contributed by atoms with E-state index in [1.54, 1.807) is 19.1 Å². The first kappa shape index (κ1) is 17.3. The molecule has 7 heteroatoms. The van der Waals surface area contributed by atoms with Crippen LogP contribution in [0.15, 0.2) is 18.2 Å². The number of urea groups is 1. The largest absolute Gasteiger partial charge is 0.479 e. The van der Waals surface area contributed by atoms with Crippen molar-refractivity contribution in [2.45, 2.75) is 26.5 Å². The average molecular weight is 314 g/mol. The van der Waals surface area contributed by atoms with Gasteiger partial charge in [-0.15, -0.1) is 0 Å². The van der Waals surface area contributed by atoms with Crippen LogP contribution in [0.3, 0.4) is 0 Å². The fraction of sp³-hybridized carbons (Fsp3) is 0.429. The summed E-state index contributed by atoms with van der Waals surface area (Å²) in [5, 5.41) is 8.05. The molecule has 0 radical (unpaired) electrons. The predicted octanol–water partition coefficient (Wildman–Crippen LogP) is 1.67. The van der Waals surface area contributed by atoms with E-state index in [0.29, 0.717) is 17.3 Å². The van der Waals surface area contributed by atoms with Gasteiger partial charge >= 0.3 is 6.03 Å². The van der Waals surface area contributed by atoms with Crippen LogP contribution in [-0.2, 0) is 11.3 Å². The van der Waals surface area contributed by atoms with Gasteiger partial charge in [0.15, 0.2) is 6.10 Å². The summed E-state index contributed by atoms with van der Waals surface area (Å²) < 4.78 is 5.47. The Morgan fingerprint density at radius 3 is 2.67 bits per heavy atom. The summed E-state index contributed by atoms with van der Waals surface area (Å²) in [4.78, 5) is 22.7. The Kier molecular flexibility index (Phi) is 6.98. The van der Waals surface area contributed by atoms with Crippen molar-refractivity contribution in [2.75, 3.05) is 13.6 Å². The summed E-state index contributed by atoms with van der Waals surface area (Å²) in [6, 6.07) is 4.78. The summed E-state index contributed by atoms with van der Waals surface area (Å²) in [5.74, 6) is -0.140. The lowest BCUT2D eigenvalue weighted by Gasteiger charge is -2.15. The van der Waals surface area contributed by atoms with Crippen molar-refractivity contribution in [1.82, 2.24) is 16.0 Å². The molecule has 3 N–H and O–H groups in total. The predicted molar refractivity (Wildman–Crippen MR) is 81.5 cm³/mol. The van der Waals surface area contributed by atoms with Crippen molar-refractivity contribution < 1.29 is 14.3 Å². The second-order valence-corrected chi connectivity index (χ2v) is 4.78. The number of hydrogen-bond donors (Lipinski definition) is 3. The summed E-state index contributed by atoms with van der Waals surface area (Å²) in [6.07, 6.45) is -0.834. The second-order valence-electron chi connectivity index (χ2n) is 4.37. The Morgan fingerprint density at radius 1 is 1.38 bits per heavy atom. The van der Waals surface area contributed by atoms with E-state index in [1.807, 2.05) is 13.0 Å². The SMILES string of the molecule is CCNCc1ccc(OC(C)C(=O)NC(=O)NC)c(Cl)c1. The highest BCUT2D eigenvalue weighted by molar-refractivity contribution is 6.32. The second kappa shape index (κ2) is 8.49. The number of rotatable bonds is 6. The number of benzene rings is 1. The summed E-state index contributed by atoms with van der Waals surface area (Å²) in [5.41, 5.74) is 1.02. The molecule has 1 rings (SSSR count). The molecule has 1 unspecified atom stereocenters. The molecule has 0 fully saturated rings. The van der Waals surface area contributed by atoms with Gasteiger partial charge in [0, 0.05) is 13.6 Å². The zero-order valence-corrected chi connectivity index (χ0v) is 13.1. The molecule has 0 bridgehead atoms. The molecule has 1 aromatic carbocycles. The van der Waals surface area contributed by atoms with Gasteiger partial charge in [0.25, 0.3) is 5.91 Å². The van der Waals surface area contributed by atoms with Crippen LogP contribution in [0.4, 0.5) is 4.79 Å². The summed E-state index contributed by atoms with van der Waals surface area (Å²) in [6.45, 7) is 5.14. The molecular formula is C14H20ClN3O3. The first-order valence-corrected chi connectivity index (χ1v) is 7.04. The average Bonchev–Trinajstić information content (AvgIpc) is 2.47. The lowest BCUT2D eigenvalue weighted by atomic mass is 10.2. The van der Waals surface area contributed by atoms with Crippen molar-refractivity contribution in [3.63, 3.8) is 0 Å². The van der Waals surface area contributed by atoms with Crippen LogP contribution in [-0.4, -0.2) is 31.6 Å². The minimum Gasteiger partial charge on any atom is -0.479 e. The maximum absolute atomic E-state index is 11.7. The molecule has 21 heavy (non-hydrogen) atoms. The Morgan fingerprint density at radius 2 is 2.10 bits per heavy atom. The fourth-order valence-corrected chi connectivity index (χ4v) is 1.79. The first-order valence-electron chi connectivity index (χ1n) is 6.66. The molecule has 0 heterocycles. The highest BCUT2D eigenvalue weighted by atomic mass is 35.5. The zero-order valence-electron chi connectivity index (χ0n) is 12.3. The quantitative estimate of drug-likeness (QED) is 0.746. The number of ether oxygens (including phenoxy) is 1. The molecule has 0 saturated heterocycles. The molecule has 0 aliphatic heterocycles. The van der Waals surface area contributed by atoms with Crippen LogP contribution >= 0.6 is 11.6 Å². The molecule has 0 aliphatic rings. The van der Waals surface area contributed by atoms with E-state index in [0.717, 1.165) is 12.1 Å². The molecule has 3 amide bonds.